The highest BCUT2D eigenvalue weighted by Gasteiger charge is 2.34. The third-order valence-corrected chi connectivity index (χ3v) is 9.81. The Labute approximate surface area is 294 Å². The van der Waals surface area contributed by atoms with E-state index in [0.717, 1.165) is 15.4 Å². The van der Waals surface area contributed by atoms with Crippen molar-refractivity contribution in [2.24, 2.45) is 0 Å². The van der Waals surface area contributed by atoms with Crippen molar-refractivity contribution in [1.82, 2.24) is 10.2 Å². The number of para-hydroxylation sites is 1. The lowest BCUT2D eigenvalue weighted by Crippen LogP contribution is -2.53. The molecule has 50 heavy (non-hydrogen) atoms. The van der Waals surface area contributed by atoms with Gasteiger partial charge in [-0.2, -0.15) is 0 Å². The number of anilines is 1. The number of sulfonamides is 1. The van der Waals surface area contributed by atoms with Crippen LogP contribution in [0, 0.1) is 0 Å². The van der Waals surface area contributed by atoms with Gasteiger partial charge in [-0.05, 0) is 78.2 Å². The van der Waals surface area contributed by atoms with Gasteiger partial charge < -0.3 is 19.7 Å². The summed E-state index contributed by atoms with van der Waals surface area (Å²) in [6, 6.07) is 39.5. The molecule has 0 heterocycles. The first kappa shape index (κ1) is 35.7. The molecule has 0 aliphatic rings. The summed E-state index contributed by atoms with van der Waals surface area (Å²) in [4.78, 5) is 30.0. The SMILES string of the molecule is CCCNC(=O)[C@@H](Cc1ccccc1)N(Cc1cccc(OC)c1)C(=O)CN(c1ccc(Oc2ccccc2)cc1)S(=O)(=O)c1ccccc1. The van der Waals surface area contributed by atoms with E-state index < -0.39 is 28.5 Å². The molecule has 0 aliphatic carbocycles. The smallest absolute Gasteiger partial charge is 0.264 e. The first-order valence-corrected chi connectivity index (χ1v) is 17.9. The summed E-state index contributed by atoms with van der Waals surface area (Å²) >= 11 is 0. The molecule has 1 N–H and O–H groups in total. The molecule has 258 valence electrons. The van der Waals surface area contributed by atoms with Crippen LogP contribution in [0.1, 0.15) is 24.5 Å². The van der Waals surface area contributed by atoms with Gasteiger partial charge in [0.15, 0.2) is 0 Å². The molecule has 0 aliphatic heterocycles. The highest BCUT2D eigenvalue weighted by atomic mass is 32.2. The fourth-order valence-corrected chi connectivity index (χ4v) is 6.88. The Morgan fingerprint density at radius 2 is 1.30 bits per heavy atom. The van der Waals surface area contributed by atoms with Crippen LogP contribution in [0.3, 0.4) is 0 Å². The van der Waals surface area contributed by atoms with Crippen molar-refractivity contribution in [1.29, 1.82) is 0 Å². The molecule has 2 amide bonds. The maximum absolute atomic E-state index is 14.7. The van der Waals surface area contributed by atoms with Crippen molar-refractivity contribution in [3.8, 4) is 17.2 Å². The molecule has 10 heteroatoms. The standard InChI is InChI=1S/C40H41N3O6S/c1-3-26-41-40(45)38(28-31-14-7-4-8-15-31)42(29-32-16-13-19-36(27-32)48-2)39(44)30-43(50(46,47)37-20-11-6-12-21-37)33-22-24-35(25-23-33)49-34-17-9-5-10-18-34/h4-25,27,38H,3,26,28-30H2,1-2H3,(H,41,45)/t38-/m1/s1. The number of hydrogen-bond acceptors (Lipinski definition) is 6. The number of carbonyl (C=O) groups is 2. The Morgan fingerprint density at radius 1 is 0.720 bits per heavy atom. The molecule has 5 aromatic rings. The van der Waals surface area contributed by atoms with E-state index >= 15 is 0 Å². The van der Waals surface area contributed by atoms with Gasteiger partial charge in [0, 0.05) is 19.5 Å². The van der Waals surface area contributed by atoms with Gasteiger partial charge in [0.1, 0.15) is 29.8 Å². The van der Waals surface area contributed by atoms with Gasteiger partial charge in [0.05, 0.1) is 17.7 Å². The largest absolute Gasteiger partial charge is 0.497 e. The van der Waals surface area contributed by atoms with Crippen molar-refractivity contribution in [2.45, 2.75) is 37.2 Å². The van der Waals surface area contributed by atoms with Gasteiger partial charge in [0.2, 0.25) is 11.8 Å². The maximum Gasteiger partial charge on any atom is 0.264 e. The first-order chi connectivity index (χ1) is 24.3. The van der Waals surface area contributed by atoms with E-state index in [4.69, 9.17) is 9.47 Å². The summed E-state index contributed by atoms with van der Waals surface area (Å²) in [5.41, 5.74) is 1.84. The summed E-state index contributed by atoms with van der Waals surface area (Å²) in [7, 11) is -2.68. The van der Waals surface area contributed by atoms with E-state index in [1.54, 1.807) is 61.7 Å². The molecule has 5 aromatic carbocycles. The van der Waals surface area contributed by atoms with Crippen molar-refractivity contribution in [2.75, 3.05) is 24.5 Å². The van der Waals surface area contributed by atoms with Gasteiger partial charge in [-0.3, -0.25) is 13.9 Å². The van der Waals surface area contributed by atoms with Gasteiger partial charge >= 0.3 is 0 Å². The molecule has 9 nitrogen and oxygen atoms in total. The number of benzene rings is 5. The topological polar surface area (TPSA) is 105 Å². The van der Waals surface area contributed by atoms with Crippen LogP contribution in [0.15, 0.2) is 144 Å². The second-order valence-electron chi connectivity index (χ2n) is 11.6. The predicted molar refractivity (Wildman–Crippen MR) is 195 cm³/mol. The Balaban J connectivity index is 1.55. The number of hydrogen-bond donors (Lipinski definition) is 1. The summed E-state index contributed by atoms with van der Waals surface area (Å²) in [5, 5.41) is 2.96. The predicted octanol–water partition coefficient (Wildman–Crippen LogP) is 6.85. The van der Waals surface area contributed by atoms with Gasteiger partial charge in [0.25, 0.3) is 10.0 Å². The van der Waals surface area contributed by atoms with Crippen LogP contribution >= 0.6 is 0 Å². The summed E-state index contributed by atoms with van der Waals surface area (Å²) in [5.74, 6) is 0.842. The summed E-state index contributed by atoms with van der Waals surface area (Å²) in [6.07, 6.45) is 0.934. The molecule has 0 radical (unpaired) electrons. The minimum atomic E-state index is -4.23. The number of ether oxygens (including phenoxy) is 2. The van der Waals surface area contributed by atoms with Crippen LogP contribution in [-0.2, 0) is 32.6 Å². The van der Waals surface area contributed by atoms with Crippen molar-refractivity contribution in [3.05, 3.63) is 151 Å². The molecule has 0 fully saturated rings. The molecule has 0 saturated heterocycles. The minimum absolute atomic E-state index is 0.0262. The van der Waals surface area contributed by atoms with Crippen LogP contribution in [0.2, 0.25) is 0 Å². The average molecular weight is 692 g/mol. The first-order valence-electron chi connectivity index (χ1n) is 16.4. The Morgan fingerprint density at radius 3 is 1.94 bits per heavy atom. The molecule has 5 rings (SSSR count). The second kappa shape index (κ2) is 17.2. The number of nitrogens with one attached hydrogen (secondary N) is 1. The van der Waals surface area contributed by atoms with Crippen LogP contribution in [0.25, 0.3) is 0 Å². The zero-order valence-corrected chi connectivity index (χ0v) is 29.0. The number of nitrogens with zero attached hydrogens (tertiary/aromatic N) is 2. The van der Waals surface area contributed by atoms with Crippen LogP contribution in [0.5, 0.6) is 17.2 Å². The van der Waals surface area contributed by atoms with Gasteiger partial charge in [-0.25, -0.2) is 8.42 Å². The van der Waals surface area contributed by atoms with Crippen molar-refractivity contribution in [3.63, 3.8) is 0 Å². The summed E-state index contributed by atoms with van der Waals surface area (Å²) < 4.78 is 41.0. The highest BCUT2D eigenvalue weighted by molar-refractivity contribution is 7.92. The molecule has 0 saturated carbocycles. The Kier molecular flexibility index (Phi) is 12.3. The monoisotopic (exact) mass is 691 g/mol. The molecule has 0 unspecified atom stereocenters. The van der Waals surface area contributed by atoms with Crippen molar-refractivity contribution >= 4 is 27.5 Å². The average Bonchev–Trinajstić information content (AvgIpc) is 3.15. The number of methoxy groups -OCH3 is 1. The third kappa shape index (κ3) is 9.29. The number of carbonyl (C=O) groups excluding carboxylic acids is 2. The van der Waals surface area contributed by atoms with Gasteiger partial charge in [-0.15, -0.1) is 0 Å². The van der Waals surface area contributed by atoms with Crippen LogP contribution < -0.4 is 19.1 Å². The van der Waals surface area contributed by atoms with E-state index in [-0.39, 0.29) is 29.5 Å². The Bertz CT molecular complexity index is 1940. The fraction of sp³-hybridized carbons (Fsp3) is 0.200. The van der Waals surface area contributed by atoms with E-state index in [2.05, 4.69) is 5.32 Å². The fourth-order valence-electron chi connectivity index (χ4n) is 5.44. The van der Waals surface area contributed by atoms with Crippen molar-refractivity contribution < 1.29 is 27.5 Å². The maximum atomic E-state index is 14.7. The molecule has 1 atom stereocenters. The quantitative estimate of drug-likeness (QED) is 0.121. The molecular weight excluding hydrogens is 651 g/mol. The Hall–Kier alpha value is -5.61. The molecule has 0 spiro atoms. The van der Waals surface area contributed by atoms with Crippen LogP contribution in [0.4, 0.5) is 5.69 Å². The van der Waals surface area contributed by atoms with Crippen LogP contribution in [-0.4, -0.2) is 51.4 Å². The lowest BCUT2D eigenvalue weighted by Gasteiger charge is -2.34. The van der Waals surface area contributed by atoms with E-state index in [1.165, 1.54) is 17.0 Å². The summed E-state index contributed by atoms with van der Waals surface area (Å²) in [6.45, 7) is 1.86. The zero-order chi connectivity index (χ0) is 35.3. The lowest BCUT2D eigenvalue weighted by atomic mass is 10.0. The minimum Gasteiger partial charge on any atom is -0.497 e. The van der Waals surface area contributed by atoms with Gasteiger partial charge in [-0.1, -0.05) is 85.8 Å². The van der Waals surface area contributed by atoms with E-state index in [1.807, 2.05) is 79.7 Å². The molecule has 0 aromatic heterocycles. The lowest BCUT2D eigenvalue weighted by molar-refractivity contribution is -0.140. The van der Waals surface area contributed by atoms with E-state index in [0.29, 0.717) is 30.2 Å². The number of amides is 2. The molecular formula is C40H41N3O6S. The number of rotatable bonds is 16. The van der Waals surface area contributed by atoms with E-state index in [9.17, 15) is 18.0 Å². The zero-order valence-electron chi connectivity index (χ0n) is 28.1. The second-order valence-corrected chi connectivity index (χ2v) is 13.5. The molecule has 0 bridgehead atoms. The third-order valence-electron chi connectivity index (χ3n) is 8.02. The highest BCUT2D eigenvalue weighted by Crippen LogP contribution is 2.29. The normalized spacial score (nSPS) is 11.6.